The maximum atomic E-state index is 12.6. The van der Waals surface area contributed by atoms with Crippen molar-refractivity contribution in [3.8, 4) is 17.2 Å². The van der Waals surface area contributed by atoms with Crippen LogP contribution in [0.15, 0.2) is 54.7 Å². The van der Waals surface area contributed by atoms with Gasteiger partial charge in [-0.25, -0.2) is 4.68 Å². The third kappa shape index (κ3) is 4.88. The van der Waals surface area contributed by atoms with Gasteiger partial charge in [0.2, 0.25) is 0 Å². The molecule has 0 saturated heterocycles. The number of benzene rings is 2. The number of nitrogens with zero attached hydrogens (tertiary/aromatic N) is 3. The monoisotopic (exact) mass is 403 g/mol. The molecule has 1 aliphatic rings. The molecule has 0 amide bonds. The summed E-state index contributed by atoms with van der Waals surface area (Å²) in [5.41, 5.74) is 0.997. The molecule has 5 nitrogen and oxygen atoms in total. The minimum atomic E-state index is -4.36. The summed E-state index contributed by atoms with van der Waals surface area (Å²) < 4.78 is 50.7. The van der Waals surface area contributed by atoms with Crippen LogP contribution in [0, 0.1) is 5.41 Å². The Kier molecular flexibility index (Phi) is 4.94. The summed E-state index contributed by atoms with van der Waals surface area (Å²) in [6.45, 7) is 3.04. The number of ether oxygens (including phenoxy) is 2. The van der Waals surface area contributed by atoms with Crippen molar-refractivity contribution in [1.29, 1.82) is 0 Å². The van der Waals surface area contributed by atoms with Crippen LogP contribution in [-0.4, -0.2) is 21.6 Å². The SMILES string of the molecule is CC1(COc2ccc(-n3cc(COc4ccc(C(F)(F)F)cc4)nn3)cc2)CC1. The number of aromatic nitrogens is 3. The van der Waals surface area contributed by atoms with Gasteiger partial charge in [0, 0.05) is 5.41 Å². The minimum absolute atomic E-state index is 0.102. The first-order chi connectivity index (χ1) is 13.8. The average Bonchev–Trinajstić information content (AvgIpc) is 3.25. The van der Waals surface area contributed by atoms with Gasteiger partial charge in [-0.05, 0) is 61.4 Å². The van der Waals surface area contributed by atoms with Crippen molar-refractivity contribution in [2.24, 2.45) is 5.41 Å². The van der Waals surface area contributed by atoms with E-state index in [1.165, 1.54) is 25.0 Å². The van der Waals surface area contributed by atoms with Gasteiger partial charge >= 0.3 is 6.18 Å². The van der Waals surface area contributed by atoms with Crippen LogP contribution in [0.1, 0.15) is 31.0 Å². The molecule has 4 rings (SSSR count). The number of rotatable bonds is 7. The molecule has 0 atom stereocenters. The van der Waals surface area contributed by atoms with Crippen molar-refractivity contribution in [2.45, 2.75) is 32.5 Å². The normalized spacial score (nSPS) is 15.2. The molecule has 0 aliphatic heterocycles. The molecule has 1 fully saturated rings. The first-order valence-corrected chi connectivity index (χ1v) is 9.25. The second-order valence-electron chi connectivity index (χ2n) is 7.56. The van der Waals surface area contributed by atoms with Crippen molar-refractivity contribution in [2.75, 3.05) is 6.61 Å². The van der Waals surface area contributed by atoms with Crippen molar-refractivity contribution in [3.05, 3.63) is 66.0 Å². The van der Waals surface area contributed by atoms with Crippen molar-refractivity contribution in [3.63, 3.8) is 0 Å². The molecule has 8 heteroatoms. The topological polar surface area (TPSA) is 49.2 Å². The van der Waals surface area contributed by atoms with Gasteiger partial charge in [0.25, 0.3) is 0 Å². The molecule has 3 aromatic rings. The summed E-state index contributed by atoms with van der Waals surface area (Å²) in [4.78, 5) is 0. The Morgan fingerprint density at radius 3 is 2.21 bits per heavy atom. The predicted molar refractivity (Wildman–Crippen MR) is 100.0 cm³/mol. The van der Waals surface area contributed by atoms with E-state index in [4.69, 9.17) is 9.47 Å². The summed E-state index contributed by atoms with van der Waals surface area (Å²) in [5.74, 6) is 1.14. The van der Waals surface area contributed by atoms with Gasteiger partial charge in [-0.2, -0.15) is 13.2 Å². The summed E-state index contributed by atoms with van der Waals surface area (Å²) in [7, 11) is 0. The molecular weight excluding hydrogens is 383 g/mol. The molecule has 0 spiro atoms. The van der Waals surface area contributed by atoms with E-state index < -0.39 is 11.7 Å². The Morgan fingerprint density at radius 1 is 0.966 bits per heavy atom. The average molecular weight is 403 g/mol. The van der Waals surface area contributed by atoms with Gasteiger partial charge in [0.1, 0.15) is 23.8 Å². The maximum Gasteiger partial charge on any atom is 0.416 e. The molecule has 152 valence electrons. The van der Waals surface area contributed by atoms with Gasteiger partial charge in [0.15, 0.2) is 0 Å². The highest BCUT2D eigenvalue weighted by atomic mass is 19.4. The third-order valence-corrected chi connectivity index (χ3v) is 4.90. The Balaban J connectivity index is 1.33. The first-order valence-electron chi connectivity index (χ1n) is 9.25. The molecule has 0 N–H and O–H groups in total. The van der Waals surface area contributed by atoms with E-state index in [0.717, 1.165) is 30.2 Å². The maximum absolute atomic E-state index is 12.6. The molecular formula is C21H20F3N3O2. The smallest absolute Gasteiger partial charge is 0.416 e. The van der Waals surface area contributed by atoms with E-state index in [0.29, 0.717) is 16.9 Å². The highest BCUT2D eigenvalue weighted by Gasteiger charge is 2.38. The van der Waals surface area contributed by atoms with Crippen LogP contribution in [0.2, 0.25) is 0 Å². The Bertz CT molecular complexity index is 962. The Hall–Kier alpha value is -3.03. The lowest BCUT2D eigenvalue weighted by molar-refractivity contribution is -0.137. The molecule has 1 saturated carbocycles. The molecule has 0 unspecified atom stereocenters. The highest BCUT2D eigenvalue weighted by Crippen LogP contribution is 2.45. The molecule has 2 aromatic carbocycles. The van der Waals surface area contributed by atoms with Gasteiger partial charge in [0.05, 0.1) is 24.1 Å². The first kappa shape index (κ1) is 19.3. The van der Waals surface area contributed by atoms with Gasteiger partial charge in [-0.15, -0.1) is 5.10 Å². The highest BCUT2D eigenvalue weighted by molar-refractivity contribution is 5.37. The molecule has 0 bridgehead atoms. The van der Waals surface area contributed by atoms with E-state index >= 15 is 0 Å². The summed E-state index contributed by atoms with van der Waals surface area (Å²) in [6, 6.07) is 12.1. The fourth-order valence-electron chi connectivity index (χ4n) is 2.70. The second-order valence-corrected chi connectivity index (χ2v) is 7.56. The Labute approximate surface area is 166 Å². The lowest BCUT2D eigenvalue weighted by atomic mass is 10.2. The molecule has 1 aliphatic carbocycles. The van der Waals surface area contributed by atoms with Crippen LogP contribution in [-0.2, 0) is 12.8 Å². The second kappa shape index (κ2) is 7.42. The number of hydrogen-bond donors (Lipinski definition) is 0. The standard InChI is InChI=1S/C21H20F3N3O2/c1-20(10-11-20)14-29-19-8-4-17(5-9-19)27-12-16(25-26-27)13-28-18-6-2-15(3-7-18)21(22,23)24/h2-9,12H,10-11,13-14H2,1H3. The minimum Gasteiger partial charge on any atom is -0.493 e. The number of alkyl halides is 3. The fourth-order valence-corrected chi connectivity index (χ4v) is 2.70. The number of halogens is 3. The summed E-state index contributed by atoms with van der Waals surface area (Å²) in [5, 5.41) is 8.11. The van der Waals surface area contributed by atoms with Crippen LogP contribution < -0.4 is 9.47 Å². The van der Waals surface area contributed by atoms with Gasteiger partial charge < -0.3 is 9.47 Å². The Morgan fingerprint density at radius 2 is 1.59 bits per heavy atom. The van der Waals surface area contributed by atoms with E-state index in [2.05, 4.69) is 17.2 Å². The van der Waals surface area contributed by atoms with Crippen LogP contribution in [0.25, 0.3) is 5.69 Å². The van der Waals surface area contributed by atoms with E-state index in [1.54, 1.807) is 10.9 Å². The third-order valence-electron chi connectivity index (χ3n) is 4.90. The zero-order valence-electron chi connectivity index (χ0n) is 15.8. The summed E-state index contributed by atoms with van der Waals surface area (Å²) >= 11 is 0. The largest absolute Gasteiger partial charge is 0.493 e. The predicted octanol–water partition coefficient (Wildman–Crippen LogP) is 5.04. The lowest BCUT2D eigenvalue weighted by Gasteiger charge is -2.11. The van der Waals surface area contributed by atoms with E-state index in [-0.39, 0.29) is 6.61 Å². The van der Waals surface area contributed by atoms with E-state index in [1.807, 2.05) is 24.3 Å². The zero-order valence-corrected chi connectivity index (χ0v) is 15.8. The van der Waals surface area contributed by atoms with Crippen LogP contribution in [0.3, 0.4) is 0 Å². The quantitative estimate of drug-likeness (QED) is 0.554. The van der Waals surface area contributed by atoms with Crippen LogP contribution in [0.4, 0.5) is 13.2 Å². The van der Waals surface area contributed by atoms with Crippen molar-refractivity contribution in [1.82, 2.24) is 15.0 Å². The van der Waals surface area contributed by atoms with Crippen molar-refractivity contribution < 1.29 is 22.6 Å². The summed E-state index contributed by atoms with van der Waals surface area (Å²) in [6.07, 6.45) is -0.231. The lowest BCUT2D eigenvalue weighted by Crippen LogP contribution is -2.08. The zero-order chi connectivity index (χ0) is 20.5. The van der Waals surface area contributed by atoms with Crippen LogP contribution >= 0.6 is 0 Å². The number of hydrogen-bond acceptors (Lipinski definition) is 4. The molecule has 1 heterocycles. The fraction of sp³-hybridized carbons (Fsp3) is 0.333. The molecule has 1 aromatic heterocycles. The van der Waals surface area contributed by atoms with Crippen LogP contribution in [0.5, 0.6) is 11.5 Å². The molecule has 29 heavy (non-hydrogen) atoms. The molecule has 0 radical (unpaired) electrons. The van der Waals surface area contributed by atoms with Gasteiger partial charge in [-0.1, -0.05) is 12.1 Å². The van der Waals surface area contributed by atoms with Crippen molar-refractivity contribution >= 4 is 0 Å². The van der Waals surface area contributed by atoms with Gasteiger partial charge in [-0.3, -0.25) is 0 Å². The van der Waals surface area contributed by atoms with E-state index in [9.17, 15) is 13.2 Å².